The van der Waals surface area contributed by atoms with Gasteiger partial charge in [0.15, 0.2) is 13.2 Å². The highest BCUT2D eigenvalue weighted by molar-refractivity contribution is 7.10. The van der Waals surface area contributed by atoms with E-state index in [1.165, 1.54) is 0 Å². The van der Waals surface area contributed by atoms with E-state index in [2.05, 4.69) is 35.0 Å². The van der Waals surface area contributed by atoms with Crippen LogP contribution in [-0.2, 0) is 9.59 Å². The molecule has 2 atom stereocenters. The quantitative estimate of drug-likeness (QED) is 0.138. The van der Waals surface area contributed by atoms with Crippen molar-refractivity contribution in [1.82, 2.24) is 19.8 Å². The van der Waals surface area contributed by atoms with Crippen LogP contribution in [0.4, 0.5) is 0 Å². The Morgan fingerprint density at radius 3 is 1.30 bits per heavy atom. The van der Waals surface area contributed by atoms with Crippen LogP contribution in [-0.4, -0.2) is 57.9 Å². The van der Waals surface area contributed by atoms with Gasteiger partial charge in [-0.15, -0.1) is 22.7 Å². The van der Waals surface area contributed by atoms with Gasteiger partial charge < -0.3 is 19.3 Å². The van der Waals surface area contributed by atoms with Crippen LogP contribution < -0.4 is 9.47 Å². The van der Waals surface area contributed by atoms with Gasteiger partial charge in [-0.1, -0.05) is 97.1 Å². The van der Waals surface area contributed by atoms with E-state index >= 15 is 0 Å². The number of carbonyl (C=O) groups excluding carboxylic acids is 2. The third-order valence-electron chi connectivity index (χ3n) is 9.61. The summed E-state index contributed by atoms with van der Waals surface area (Å²) in [6.45, 7) is 1.67. The lowest BCUT2D eigenvalue weighted by atomic mass is 10.0. The van der Waals surface area contributed by atoms with E-state index in [1.807, 2.05) is 107 Å². The lowest BCUT2D eigenvalue weighted by Gasteiger charge is -2.34. The number of para-hydroxylation sites is 2. The summed E-state index contributed by atoms with van der Waals surface area (Å²) in [6, 6.07) is 39.4. The zero-order valence-corrected chi connectivity index (χ0v) is 31.8. The van der Waals surface area contributed by atoms with Crippen LogP contribution in [0.15, 0.2) is 132 Å². The molecule has 276 valence electrons. The smallest absolute Gasteiger partial charge is 0.261 e. The van der Waals surface area contributed by atoms with Crippen LogP contribution in [0.25, 0.3) is 22.5 Å². The molecule has 2 amide bonds. The van der Waals surface area contributed by atoms with Crippen molar-refractivity contribution >= 4 is 34.5 Å². The molecule has 10 heteroatoms. The van der Waals surface area contributed by atoms with Crippen molar-refractivity contribution in [1.29, 1.82) is 0 Å². The first-order chi connectivity index (χ1) is 26.6. The normalized spacial score (nSPS) is 16.9. The molecule has 0 saturated carbocycles. The van der Waals surface area contributed by atoms with Gasteiger partial charge in [-0.25, -0.2) is 9.97 Å². The van der Waals surface area contributed by atoms with E-state index < -0.39 is 0 Å². The van der Waals surface area contributed by atoms with Crippen LogP contribution in [0.1, 0.15) is 60.6 Å². The molecule has 6 aromatic rings. The van der Waals surface area contributed by atoms with Crippen LogP contribution >= 0.6 is 22.7 Å². The zero-order valence-electron chi connectivity index (χ0n) is 30.2. The van der Waals surface area contributed by atoms with E-state index in [9.17, 15) is 9.59 Å². The number of aromatic nitrogens is 2. The van der Waals surface area contributed by atoms with Crippen molar-refractivity contribution in [3.8, 4) is 34.0 Å². The maximum absolute atomic E-state index is 12.8. The average molecular weight is 757 g/mol. The molecule has 4 heterocycles. The third kappa shape index (κ3) is 9.61. The second-order valence-electron chi connectivity index (χ2n) is 13.3. The van der Waals surface area contributed by atoms with Crippen molar-refractivity contribution < 1.29 is 19.1 Å². The molecule has 8 rings (SSSR count). The first kappa shape index (κ1) is 37.0. The van der Waals surface area contributed by atoms with E-state index in [0.29, 0.717) is 0 Å². The average Bonchev–Trinajstić information content (AvgIpc) is 3.95. The minimum absolute atomic E-state index is 0.0278. The standard InChI is InChI=1S/2C22H22N2O2S/c2*25-21(15-26-18-11-5-2-6-12-18)24-14-8-7-13-20(24)22-23-19(16-27-22)17-9-3-1-4-10-17/h2*1-6,9-12,16,20H,7-8,13-15H2/t2*20-/m11/s1. The summed E-state index contributed by atoms with van der Waals surface area (Å²) in [5, 5.41) is 6.20. The van der Waals surface area contributed by atoms with Gasteiger partial charge in [-0.2, -0.15) is 0 Å². The number of piperidine rings is 2. The van der Waals surface area contributed by atoms with Gasteiger partial charge >= 0.3 is 0 Å². The summed E-state index contributed by atoms with van der Waals surface area (Å²) in [5.41, 5.74) is 4.19. The Balaban J connectivity index is 0.000000167. The Morgan fingerprint density at radius 2 is 0.907 bits per heavy atom. The molecule has 2 saturated heterocycles. The van der Waals surface area contributed by atoms with E-state index in [4.69, 9.17) is 19.4 Å². The van der Waals surface area contributed by atoms with Crippen LogP contribution in [0.2, 0.25) is 0 Å². The summed E-state index contributed by atoms with van der Waals surface area (Å²) >= 11 is 3.28. The van der Waals surface area contributed by atoms with Gasteiger partial charge in [0.05, 0.1) is 23.5 Å². The molecule has 0 radical (unpaired) electrons. The number of thiazole rings is 2. The Bertz CT molecular complexity index is 1910. The van der Waals surface area contributed by atoms with Gasteiger partial charge in [-0.05, 0) is 62.8 Å². The monoisotopic (exact) mass is 756 g/mol. The predicted molar refractivity (Wildman–Crippen MR) is 216 cm³/mol. The Labute approximate surface area is 325 Å². The topological polar surface area (TPSA) is 84.9 Å². The highest BCUT2D eigenvalue weighted by Crippen LogP contribution is 2.36. The number of carbonyl (C=O) groups is 2. The molecule has 0 bridgehead atoms. The number of nitrogens with zero attached hydrogens (tertiary/aromatic N) is 4. The summed E-state index contributed by atoms with van der Waals surface area (Å²) in [4.78, 5) is 39.2. The van der Waals surface area contributed by atoms with E-state index in [0.717, 1.165) is 95.6 Å². The van der Waals surface area contributed by atoms with Crippen molar-refractivity contribution in [3.63, 3.8) is 0 Å². The number of benzene rings is 4. The van der Waals surface area contributed by atoms with Gasteiger partial charge in [0, 0.05) is 35.0 Å². The molecule has 0 N–H and O–H groups in total. The molecule has 0 unspecified atom stereocenters. The molecule has 4 aromatic carbocycles. The molecular weight excluding hydrogens is 713 g/mol. The summed E-state index contributed by atoms with van der Waals surface area (Å²) < 4.78 is 11.3. The SMILES string of the molecule is O=C(COc1ccccc1)N1CCCC[C@@H]1c1nc(-c2ccccc2)cs1.O=C(COc1ccccc1)N1CCCC[C@@H]1c1nc(-c2ccccc2)cs1. The zero-order chi connectivity index (χ0) is 37.0. The molecule has 0 aliphatic carbocycles. The fourth-order valence-electron chi connectivity index (χ4n) is 6.83. The van der Waals surface area contributed by atoms with Crippen molar-refractivity contribution in [2.45, 2.75) is 50.6 Å². The highest BCUT2D eigenvalue weighted by Gasteiger charge is 2.31. The fourth-order valence-corrected chi connectivity index (χ4v) is 8.78. The van der Waals surface area contributed by atoms with Gasteiger partial charge in [0.25, 0.3) is 11.8 Å². The first-order valence-electron chi connectivity index (χ1n) is 18.6. The molecule has 2 aliphatic heterocycles. The molecular formula is C44H44N4O4S2. The Hall–Kier alpha value is -5.32. The Morgan fingerprint density at radius 1 is 0.537 bits per heavy atom. The largest absolute Gasteiger partial charge is 0.484 e. The second kappa shape index (κ2) is 18.6. The van der Waals surface area contributed by atoms with Crippen LogP contribution in [0, 0.1) is 0 Å². The van der Waals surface area contributed by atoms with Crippen molar-refractivity contribution in [2.75, 3.05) is 26.3 Å². The molecule has 8 nitrogen and oxygen atoms in total. The number of hydrogen-bond donors (Lipinski definition) is 0. The summed E-state index contributed by atoms with van der Waals surface area (Å²) in [7, 11) is 0. The molecule has 2 fully saturated rings. The number of hydrogen-bond acceptors (Lipinski definition) is 8. The van der Waals surface area contributed by atoms with E-state index in [-0.39, 0.29) is 37.1 Å². The van der Waals surface area contributed by atoms with Gasteiger partial charge in [0.2, 0.25) is 0 Å². The maximum Gasteiger partial charge on any atom is 0.261 e. The predicted octanol–water partition coefficient (Wildman–Crippen LogP) is 9.89. The molecule has 2 aromatic heterocycles. The number of ether oxygens (including phenoxy) is 2. The summed E-state index contributed by atoms with van der Waals surface area (Å²) in [5.74, 6) is 1.50. The van der Waals surface area contributed by atoms with E-state index in [1.54, 1.807) is 22.7 Å². The minimum atomic E-state index is 0.0278. The van der Waals surface area contributed by atoms with Gasteiger partial charge in [0.1, 0.15) is 21.5 Å². The molecule has 0 spiro atoms. The lowest BCUT2D eigenvalue weighted by molar-refractivity contribution is -0.138. The number of amides is 2. The fraction of sp³-hybridized carbons (Fsp3) is 0.273. The van der Waals surface area contributed by atoms with Crippen molar-refractivity contribution in [2.24, 2.45) is 0 Å². The van der Waals surface area contributed by atoms with Crippen molar-refractivity contribution in [3.05, 3.63) is 142 Å². The summed E-state index contributed by atoms with van der Waals surface area (Å²) in [6.07, 6.45) is 6.22. The highest BCUT2D eigenvalue weighted by atomic mass is 32.1. The van der Waals surface area contributed by atoms with Crippen LogP contribution in [0.3, 0.4) is 0 Å². The minimum Gasteiger partial charge on any atom is -0.484 e. The molecule has 54 heavy (non-hydrogen) atoms. The lowest BCUT2D eigenvalue weighted by Crippen LogP contribution is -2.41. The molecule has 2 aliphatic rings. The Kier molecular flexibility index (Phi) is 12.8. The number of rotatable bonds is 10. The number of likely N-dealkylation sites (tertiary alicyclic amines) is 2. The van der Waals surface area contributed by atoms with Crippen LogP contribution in [0.5, 0.6) is 11.5 Å². The first-order valence-corrected chi connectivity index (χ1v) is 20.3. The maximum atomic E-state index is 12.8. The second-order valence-corrected chi connectivity index (χ2v) is 15.1. The van der Waals surface area contributed by atoms with Gasteiger partial charge in [-0.3, -0.25) is 9.59 Å². The third-order valence-corrected chi connectivity index (χ3v) is 11.5.